The Morgan fingerprint density at radius 2 is 1.34 bits per heavy atom. The van der Waals surface area contributed by atoms with E-state index in [9.17, 15) is 14.7 Å². The molecule has 0 aliphatic carbocycles. The van der Waals surface area contributed by atoms with Gasteiger partial charge in [0, 0.05) is 0 Å². The fourth-order valence-electron chi connectivity index (χ4n) is 2.62. The van der Waals surface area contributed by atoms with Crippen LogP contribution in [0.1, 0.15) is 31.8 Å². The Morgan fingerprint density at radius 1 is 0.793 bits per heavy atom. The van der Waals surface area contributed by atoms with Gasteiger partial charge in [-0.2, -0.15) is 0 Å². The average molecular weight is 392 g/mol. The average Bonchev–Trinajstić information content (AvgIpc) is 2.75. The van der Waals surface area contributed by atoms with Crippen LogP contribution in [0.2, 0.25) is 0 Å². The van der Waals surface area contributed by atoms with Crippen LogP contribution in [0.3, 0.4) is 0 Å². The van der Waals surface area contributed by atoms with Gasteiger partial charge in [-0.25, -0.2) is 9.59 Å². The van der Waals surface area contributed by atoms with Crippen molar-refractivity contribution in [2.75, 3.05) is 7.11 Å². The highest BCUT2D eigenvalue weighted by molar-refractivity contribution is 5.93. The third kappa shape index (κ3) is 5.00. The van der Waals surface area contributed by atoms with Crippen molar-refractivity contribution in [1.82, 2.24) is 0 Å². The Hall–Kier alpha value is -3.64. The number of hydrogen-bond acceptors (Lipinski definition) is 6. The molecule has 0 saturated carbocycles. The zero-order valence-electron chi connectivity index (χ0n) is 16.0. The summed E-state index contributed by atoms with van der Waals surface area (Å²) >= 11 is 0. The lowest BCUT2D eigenvalue weighted by Gasteiger charge is -2.10. The van der Waals surface area contributed by atoms with Gasteiger partial charge in [-0.1, -0.05) is 17.7 Å². The van der Waals surface area contributed by atoms with Gasteiger partial charge in [0.15, 0.2) is 0 Å². The standard InChI is InChI=1S/C23H20O6/c1-15-3-7-18(8-4-15)28-22(25)16-5-9-19(10-6-16)29-23(26)21-12-11-20(27-2)13-17(21)14-24/h3-13,24H,14H2,1-2H3. The lowest BCUT2D eigenvalue weighted by atomic mass is 10.1. The largest absolute Gasteiger partial charge is 0.497 e. The third-order valence-corrected chi connectivity index (χ3v) is 4.23. The molecule has 6 heteroatoms. The van der Waals surface area contributed by atoms with E-state index in [2.05, 4.69) is 0 Å². The number of aryl methyl sites for hydroxylation is 1. The smallest absolute Gasteiger partial charge is 0.343 e. The van der Waals surface area contributed by atoms with Crippen LogP contribution >= 0.6 is 0 Å². The Labute approximate surface area is 168 Å². The SMILES string of the molecule is COc1ccc(C(=O)Oc2ccc(C(=O)Oc3ccc(C)cc3)cc2)c(CO)c1. The minimum absolute atomic E-state index is 0.233. The van der Waals surface area contributed by atoms with E-state index in [0.29, 0.717) is 22.6 Å². The van der Waals surface area contributed by atoms with Gasteiger partial charge in [0.1, 0.15) is 17.2 Å². The van der Waals surface area contributed by atoms with E-state index in [4.69, 9.17) is 14.2 Å². The van der Waals surface area contributed by atoms with E-state index >= 15 is 0 Å². The number of benzene rings is 3. The van der Waals surface area contributed by atoms with Crippen LogP contribution in [0, 0.1) is 6.92 Å². The van der Waals surface area contributed by atoms with Crippen molar-refractivity contribution in [2.24, 2.45) is 0 Å². The Bertz CT molecular complexity index is 1010. The molecule has 6 nitrogen and oxygen atoms in total. The van der Waals surface area contributed by atoms with Gasteiger partial charge in [0.25, 0.3) is 0 Å². The van der Waals surface area contributed by atoms with Crippen molar-refractivity contribution in [3.8, 4) is 17.2 Å². The highest BCUT2D eigenvalue weighted by atomic mass is 16.5. The Morgan fingerprint density at radius 3 is 1.93 bits per heavy atom. The fraction of sp³-hybridized carbons (Fsp3) is 0.130. The van der Waals surface area contributed by atoms with Crippen LogP contribution in [0.4, 0.5) is 0 Å². The molecular weight excluding hydrogens is 372 g/mol. The number of methoxy groups -OCH3 is 1. The molecule has 0 fully saturated rings. The summed E-state index contributed by atoms with van der Waals surface area (Å²) in [4.78, 5) is 24.6. The van der Waals surface area contributed by atoms with Crippen LogP contribution in [-0.4, -0.2) is 24.2 Å². The lowest BCUT2D eigenvalue weighted by Crippen LogP contribution is -2.12. The summed E-state index contributed by atoms with van der Waals surface area (Å²) in [5.74, 6) is 0.118. The topological polar surface area (TPSA) is 82.1 Å². The van der Waals surface area contributed by atoms with Gasteiger partial charge in [-0.3, -0.25) is 0 Å². The second kappa shape index (κ2) is 9.03. The normalized spacial score (nSPS) is 10.3. The molecule has 0 atom stereocenters. The first-order valence-electron chi connectivity index (χ1n) is 8.89. The quantitative estimate of drug-likeness (QED) is 0.506. The first kappa shape index (κ1) is 20.1. The van der Waals surface area contributed by atoms with E-state index in [0.717, 1.165) is 5.56 Å². The number of hydrogen-bond donors (Lipinski definition) is 1. The predicted molar refractivity (Wildman–Crippen MR) is 106 cm³/mol. The van der Waals surface area contributed by atoms with Crippen LogP contribution in [0.15, 0.2) is 66.7 Å². The zero-order valence-corrected chi connectivity index (χ0v) is 16.0. The summed E-state index contributed by atoms with van der Waals surface area (Å²) in [5, 5.41) is 9.47. The van der Waals surface area contributed by atoms with Crippen LogP contribution in [0.25, 0.3) is 0 Å². The number of aliphatic hydroxyl groups is 1. The Kier molecular flexibility index (Phi) is 6.26. The minimum atomic E-state index is -0.619. The number of ether oxygens (including phenoxy) is 3. The number of carbonyl (C=O) groups is 2. The van der Waals surface area contributed by atoms with Gasteiger partial charge < -0.3 is 19.3 Å². The van der Waals surface area contributed by atoms with Crippen LogP contribution < -0.4 is 14.2 Å². The van der Waals surface area contributed by atoms with Crippen LogP contribution in [-0.2, 0) is 6.61 Å². The first-order chi connectivity index (χ1) is 14.0. The molecule has 0 heterocycles. The van der Waals surface area contributed by atoms with E-state index in [1.807, 2.05) is 19.1 Å². The highest BCUT2D eigenvalue weighted by Crippen LogP contribution is 2.21. The molecule has 0 aliphatic rings. The lowest BCUT2D eigenvalue weighted by molar-refractivity contribution is 0.0728. The molecule has 1 N–H and O–H groups in total. The number of carbonyl (C=O) groups excluding carboxylic acids is 2. The van der Waals surface area contributed by atoms with Gasteiger partial charge in [-0.05, 0) is 67.1 Å². The summed E-state index contributed by atoms with van der Waals surface area (Å²) in [5.41, 5.74) is 2.02. The van der Waals surface area contributed by atoms with Crippen molar-refractivity contribution < 1.29 is 28.9 Å². The van der Waals surface area contributed by atoms with Crippen molar-refractivity contribution >= 4 is 11.9 Å². The van der Waals surface area contributed by atoms with Crippen LogP contribution in [0.5, 0.6) is 17.2 Å². The van der Waals surface area contributed by atoms with E-state index < -0.39 is 11.9 Å². The number of aliphatic hydroxyl groups excluding tert-OH is 1. The molecule has 0 bridgehead atoms. The molecule has 3 aromatic rings. The van der Waals surface area contributed by atoms with Crippen molar-refractivity contribution in [1.29, 1.82) is 0 Å². The molecule has 0 spiro atoms. The maximum atomic E-state index is 12.4. The second-order valence-corrected chi connectivity index (χ2v) is 6.30. The predicted octanol–water partition coefficient (Wildman–Crippen LogP) is 3.93. The summed E-state index contributed by atoms with van der Waals surface area (Å²) in [6.07, 6.45) is 0. The van der Waals surface area contributed by atoms with Crippen molar-refractivity contribution in [3.05, 3.63) is 89.0 Å². The number of rotatable bonds is 6. The van der Waals surface area contributed by atoms with Gasteiger partial charge in [0.05, 0.1) is 24.8 Å². The molecule has 3 aromatic carbocycles. The maximum Gasteiger partial charge on any atom is 0.343 e. The van der Waals surface area contributed by atoms with Crippen molar-refractivity contribution in [2.45, 2.75) is 13.5 Å². The molecule has 0 amide bonds. The Balaban J connectivity index is 1.68. The monoisotopic (exact) mass is 392 g/mol. The maximum absolute atomic E-state index is 12.4. The molecule has 0 aliphatic heterocycles. The third-order valence-electron chi connectivity index (χ3n) is 4.23. The fourth-order valence-corrected chi connectivity index (χ4v) is 2.62. The zero-order chi connectivity index (χ0) is 20.8. The minimum Gasteiger partial charge on any atom is -0.497 e. The second-order valence-electron chi connectivity index (χ2n) is 6.30. The molecule has 148 valence electrons. The van der Waals surface area contributed by atoms with E-state index in [-0.39, 0.29) is 17.9 Å². The summed E-state index contributed by atoms with van der Waals surface area (Å²) < 4.78 is 15.7. The molecule has 3 rings (SSSR count). The summed E-state index contributed by atoms with van der Waals surface area (Å²) in [6, 6.07) is 17.9. The highest BCUT2D eigenvalue weighted by Gasteiger charge is 2.15. The summed E-state index contributed by atoms with van der Waals surface area (Å²) in [7, 11) is 1.50. The van der Waals surface area contributed by atoms with Crippen molar-refractivity contribution in [3.63, 3.8) is 0 Å². The molecular formula is C23H20O6. The molecule has 0 unspecified atom stereocenters. The number of esters is 2. The molecule has 0 aromatic heterocycles. The van der Waals surface area contributed by atoms with Gasteiger partial charge in [-0.15, -0.1) is 0 Å². The van der Waals surface area contributed by atoms with Gasteiger partial charge >= 0.3 is 11.9 Å². The van der Waals surface area contributed by atoms with Gasteiger partial charge in [0.2, 0.25) is 0 Å². The van der Waals surface area contributed by atoms with E-state index in [1.165, 1.54) is 37.4 Å². The summed E-state index contributed by atoms with van der Waals surface area (Å²) in [6.45, 7) is 1.62. The molecule has 0 radical (unpaired) electrons. The first-order valence-corrected chi connectivity index (χ1v) is 8.89. The van der Waals surface area contributed by atoms with E-state index in [1.54, 1.807) is 24.3 Å². The molecule has 29 heavy (non-hydrogen) atoms. The molecule has 0 saturated heterocycles.